The molecule has 268 valence electrons. The third-order valence-electron chi connectivity index (χ3n) is 12.2. The molecule has 1 unspecified atom stereocenters. The van der Waals surface area contributed by atoms with Crippen LogP contribution in [0.4, 0.5) is 0 Å². The predicted octanol–water partition coefficient (Wildman–Crippen LogP) is 4.92. The molecule has 4 aliphatic heterocycles. The van der Waals surface area contributed by atoms with Gasteiger partial charge in [-0.15, -0.1) is 0 Å². The highest BCUT2D eigenvalue weighted by Gasteiger charge is 2.51. The number of carbonyl (C=O) groups excluding carboxylic acids is 2. The lowest BCUT2D eigenvalue weighted by Gasteiger charge is -2.50. The Labute approximate surface area is 304 Å². The molecule has 0 saturated carbocycles. The summed E-state index contributed by atoms with van der Waals surface area (Å²) >= 11 is 0. The van der Waals surface area contributed by atoms with Crippen LogP contribution in [0.15, 0.2) is 48.7 Å². The van der Waals surface area contributed by atoms with Crippen molar-refractivity contribution >= 4 is 11.8 Å². The van der Waals surface area contributed by atoms with Gasteiger partial charge in [0.05, 0.1) is 42.9 Å². The monoisotopic (exact) mass is 699 g/mol. The van der Waals surface area contributed by atoms with Gasteiger partial charge >= 0.3 is 0 Å². The van der Waals surface area contributed by atoms with Crippen LogP contribution in [0.25, 0.3) is 33.6 Å². The molecule has 52 heavy (non-hydrogen) atoms. The second-order valence-electron chi connectivity index (χ2n) is 15.5. The highest BCUT2D eigenvalue weighted by molar-refractivity contribution is 5.83. The number of rotatable bonds is 8. The average Bonchev–Trinajstić information content (AvgIpc) is 3.84. The first-order chi connectivity index (χ1) is 25.2. The Morgan fingerprint density at radius 3 is 1.94 bits per heavy atom. The van der Waals surface area contributed by atoms with Crippen LogP contribution in [0.3, 0.4) is 0 Å². The molecule has 11 nitrogen and oxygen atoms in total. The highest BCUT2D eigenvalue weighted by atomic mass is 16.5. The van der Waals surface area contributed by atoms with E-state index in [1.165, 1.54) is 11.1 Å². The molecule has 0 bridgehead atoms. The molecular weight excluding hydrogens is 654 g/mol. The van der Waals surface area contributed by atoms with Crippen molar-refractivity contribution in [2.75, 3.05) is 40.4 Å². The fraction of sp³-hybridized carbons (Fsp3) is 0.439. The van der Waals surface area contributed by atoms with Crippen LogP contribution in [0.1, 0.15) is 66.1 Å². The summed E-state index contributed by atoms with van der Waals surface area (Å²) in [6.45, 7) is 8.35. The summed E-state index contributed by atoms with van der Waals surface area (Å²) in [7, 11) is 3.36. The summed E-state index contributed by atoms with van der Waals surface area (Å²) in [5.74, 6) is 1.54. The largest absolute Gasteiger partial charge is 0.481 e. The number of carbonyl (C=O) groups is 2. The molecule has 1 atom stereocenters. The van der Waals surface area contributed by atoms with E-state index in [0.29, 0.717) is 31.1 Å². The summed E-state index contributed by atoms with van der Waals surface area (Å²) in [4.78, 5) is 43.3. The number of hydrogen-bond acceptors (Lipinski definition) is 9. The SMILES string of the molecule is COc1nc(-c2cccc(-c3cccc(-c4cc5c(c(OC)n4)C(N4CC6(CCC(=O)N6)C4)CC5)c3C)c2C)cnc1CN1CC2(CCC(=O)N2)C1. The second-order valence-corrected chi connectivity index (χ2v) is 15.5. The minimum Gasteiger partial charge on any atom is -0.481 e. The molecule has 11 heteroatoms. The van der Waals surface area contributed by atoms with Crippen LogP contribution in [0.2, 0.25) is 0 Å². The molecule has 5 aliphatic rings. The molecule has 9 rings (SSSR count). The maximum Gasteiger partial charge on any atom is 0.237 e. The lowest BCUT2D eigenvalue weighted by Crippen LogP contribution is -2.67. The van der Waals surface area contributed by atoms with Gasteiger partial charge in [-0.3, -0.25) is 24.4 Å². The van der Waals surface area contributed by atoms with Crippen molar-refractivity contribution in [1.82, 2.24) is 35.4 Å². The highest BCUT2D eigenvalue weighted by Crippen LogP contribution is 2.47. The standard InChI is InChI=1S/C41H45N7O4/c1-24-27(7-5-9-29(24)31-17-26-11-12-34(37(26)39(43-31)52-4)48-22-41(23-48)16-14-36(50)46-41)28-8-6-10-30(25(28)2)32-18-42-33(38(44-32)51-3)19-47-20-40(21-47)15-13-35(49)45-40/h5-10,17-18,34H,11-16,19-23H2,1-4H3,(H,45,49)(H,46,50). The normalized spacial score (nSPS) is 21.5. The van der Waals surface area contributed by atoms with Gasteiger partial charge in [0, 0.05) is 68.3 Å². The van der Waals surface area contributed by atoms with E-state index in [9.17, 15) is 9.59 Å². The molecule has 6 heterocycles. The van der Waals surface area contributed by atoms with Crippen molar-refractivity contribution in [3.05, 3.63) is 76.6 Å². The third kappa shape index (κ3) is 5.44. The zero-order chi connectivity index (χ0) is 35.8. The zero-order valence-electron chi connectivity index (χ0n) is 30.3. The van der Waals surface area contributed by atoms with Gasteiger partial charge in [-0.05, 0) is 73.4 Å². The number of methoxy groups -OCH3 is 2. The molecule has 4 aromatic rings. The van der Waals surface area contributed by atoms with Crippen LogP contribution in [-0.4, -0.2) is 88.0 Å². The molecule has 2 N–H and O–H groups in total. The Hall–Kier alpha value is -4.87. The number of nitrogens with zero attached hydrogens (tertiary/aromatic N) is 5. The summed E-state index contributed by atoms with van der Waals surface area (Å²) in [5.41, 5.74) is 11.5. The molecular formula is C41H45N7O4. The molecule has 2 amide bonds. The first-order valence-electron chi connectivity index (χ1n) is 18.4. The predicted molar refractivity (Wildman–Crippen MR) is 197 cm³/mol. The lowest BCUT2D eigenvalue weighted by molar-refractivity contribution is -0.121. The van der Waals surface area contributed by atoms with Crippen molar-refractivity contribution in [3.63, 3.8) is 0 Å². The number of nitrogens with one attached hydrogen (secondary N) is 2. The van der Waals surface area contributed by atoms with Crippen LogP contribution >= 0.6 is 0 Å². The Morgan fingerprint density at radius 1 is 0.769 bits per heavy atom. The Balaban J connectivity index is 0.973. The Kier molecular flexibility index (Phi) is 7.85. The molecule has 2 aromatic heterocycles. The molecule has 2 spiro atoms. The smallest absolute Gasteiger partial charge is 0.237 e. The number of aromatic nitrogens is 3. The molecule has 4 fully saturated rings. The average molecular weight is 700 g/mol. The summed E-state index contributed by atoms with van der Waals surface area (Å²) in [6, 6.07) is 15.3. The molecule has 2 aromatic carbocycles. The lowest BCUT2D eigenvalue weighted by atomic mass is 9.86. The van der Waals surface area contributed by atoms with E-state index >= 15 is 0 Å². The number of fused-ring (bicyclic) bond motifs is 1. The number of amides is 2. The number of hydrogen-bond donors (Lipinski definition) is 2. The van der Waals surface area contributed by atoms with Gasteiger partial charge in [-0.25, -0.2) is 9.97 Å². The van der Waals surface area contributed by atoms with Crippen molar-refractivity contribution < 1.29 is 19.1 Å². The van der Waals surface area contributed by atoms with Gasteiger partial charge in [0.1, 0.15) is 5.69 Å². The van der Waals surface area contributed by atoms with Crippen molar-refractivity contribution in [2.24, 2.45) is 0 Å². The summed E-state index contributed by atoms with van der Waals surface area (Å²) in [6.07, 6.45) is 6.90. The van der Waals surface area contributed by atoms with Gasteiger partial charge in [0.15, 0.2) is 0 Å². The van der Waals surface area contributed by atoms with E-state index < -0.39 is 0 Å². The fourth-order valence-corrected chi connectivity index (χ4v) is 9.56. The number of pyridine rings is 1. The minimum absolute atomic E-state index is 0.0510. The topological polar surface area (TPSA) is 122 Å². The van der Waals surface area contributed by atoms with Gasteiger partial charge in [-0.1, -0.05) is 36.4 Å². The minimum atomic E-state index is -0.0779. The van der Waals surface area contributed by atoms with Crippen molar-refractivity contribution in [3.8, 4) is 45.4 Å². The van der Waals surface area contributed by atoms with Gasteiger partial charge < -0.3 is 20.1 Å². The molecule has 4 saturated heterocycles. The maximum absolute atomic E-state index is 11.9. The number of benzene rings is 2. The van der Waals surface area contributed by atoms with Gasteiger partial charge in [-0.2, -0.15) is 0 Å². The Morgan fingerprint density at radius 2 is 1.35 bits per heavy atom. The molecule has 0 radical (unpaired) electrons. The van der Waals surface area contributed by atoms with Crippen molar-refractivity contribution in [1.29, 1.82) is 0 Å². The van der Waals surface area contributed by atoms with E-state index in [1.807, 2.05) is 6.20 Å². The van der Waals surface area contributed by atoms with Crippen LogP contribution in [-0.2, 0) is 22.6 Å². The molecule has 1 aliphatic carbocycles. The second kappa shape index (κ2) is 12.4. The van der Waals surface area contributed by atoms with Crippen LogP contribution < -0.4 is 20.1 Å². The number of ether oxygens (including phenoxy) is 2. The van der Waals surface area contributed by atoms with E-state index in [0.717, 1.165) is 102 Å². The number of likely N-dealkylation sites (tertiary alicyclic amines) is 2. The van der Waals surface area contributed by atoms with Crippen molar-refractivity contribution in [2.45, 2.75) is 76.0 Å². The van der Waals surface area contributed by atoms with E-state index in [-0.39, 0.29) is 28.9 Å². The van der Waals surface area contributed by atoms with E-state index in [2.05, 4.69) is 76.7 Å². The first kappa shape index (κ1) is 33.0. The first-order valence-corrected chi connectivity index (χ1v) is 18.4. The Bertz CT molecular complexity index is 2120. The summed E-state index contributed by atoms with van der Waals surface area (Å²) < 4.78 is 11.7. The zero-order valence-corrected chi connectivity index (χ0v) is 30.3. The van der Waals surface area contributed by atoms with Crippen LogP contribution in [0.5, 0.6) is 11.8 Å². The quantitative estimate of drug-likeness (QED) is 0.264. The third-order valence-corrected chi connectivity index (χ3v) is 12.2. The van der Waals surface area contributed by atoms with Gasteiger partial charge in [0.2, 0.25) is 23.6 Å². The summed E-state index contributed by atoms with van der Waals surface area (Å²) in [5, 5.41) is 6.37. The number of aryl methyl sites for hydroxylation is 1. The fourth-order valence-electron chi connectivity index (χ4n) is 9.56. The van der Waals surface area contributed by atoms with Gasteiger partial charge in [0.25, 0.3) is 0 Å². The van der Waals surface area contributed by atoms with Crippen LogP contribution in [0, 0.1) is 13.8 Å². The maximum atomic E-state index is 11.9. The van der Waals surface area contributed by atoms with E-state index in [4.69, 9.17) is 24.4 Å². The van der Waals surface area contributed by atoms with E-state index in [1.54, 1.807) is 14.2 Å².